The van der Waals surface area contributed by atoms with E-state index in [0.717, 1.165) is 11.1 Å². The summed E-state index contributed by atoms with van der Waals surface area (Å²) in [5, 5.41) is 11.8. The molecule has 2 N–H and O–H groups in total. The lowest BCUT2D eigenvalue weighted by Crippen LogP contribution is -2.57. The highest BCUT2D eigenvalue weighted by molar-refractivity contribution is 6.09. The summed E-state index contributed by atoms with van der Waals surface area (Å²) in [5.74, 6) is -1.66. The third-order valence-electron chi connectivity index (χ3n) is 3.39. The zero-order valence-corrected chi connectivity index (χ0v) is 10.3. The van der Waals surface area contributed by atoms with E-state index in [2.05, 4.69) is 5.32 Å². The van der Waals surface area contributed by atoms with E-state index in [0.29, 0.717) is 5.69 Å². The predicted octanol–water partition coefficient (Wildman–Crippen LogP) is 1.34. The maximum Gasteiger partial charge on any atom is 0.324 e. The number of benzene rings is 1. The van der Waals surface area contributed by atoms with Crippen LogP contribution in [0.15, 0.2) is 18.2 Å². The Morgan fingerprint density at radius 1 is 1.33 bits per heavy atom. The first-order valence-electron chi connectivity index (χ1n) is 5.66. The minimum Gasteiger partial charge on any atom is -0.480 e. The maximum atomic E-state index is 12.0. The molecule has 0 aromatic heterocycles. The minimum atomic E-state index is -1.43. The van der Waals surface area contributed by atoms with Crippen LogP contribution >= 0.6 is 0 Å². The quantitative estimate of drug-likeness (QED) is 0.793. The Bertz CT molecular complexity index is 506. The molecule has 18 heavy (non-hydrogen) atoms. The molecule has 1 saturated heterocycles. The van der Waals surface area contributed by atoms with Crippen LogP contribution in [0.3, 0.4) is 0 Å². The number of carbonyl (C=O) groups is 2. The molecule has 0 unspecified atom stereocenters. The molecule has 1 fully saturated rings. The van der Waals surface area contributed by atoms with Gasteiger partial charge < -0.3 is 15.2 Å². The first-order valence-corrected chi connectivity index (χ1v) is 5.66. The third kappa shape index (κ3) is 1.86. The molecule has 0 radical (unpaired) electrons. The van der Waals surface area contributed by atoms with Gasteiger partial charge >= 0.3 is 5.97 Å². The zero-order chi connectivity index (χ0) is 13.3. The number of hydrogen-bond donors (Lipinski definition) is 2. The Balaban J connectivity index is 2.21. The van der Waals surface area contributed by atoms with Crippen molar-refractivity contribution in [1.29, 1.82) is 0 Å². The van der Waals surface area contributed by atoms with Gasteiger partial charge in [0.05, 0.1) is 13.2 Å². The van der Waals surface area contributed by atoms with Crippen molar-refractivity contribution in [2.24, 2.45) is 5.41 Å². The number of anilines is 1. The third-order valence-corrected chi connectivity index (χ3v) is 3.39. The van der Waals surface area contributed by atoms with Crippen molar-refractivity contribution in [3.8, 4) is 0 Å². The molecule has 1 aliphatic heterocycles. The summed E-state index contributed by atoms with van der Waals surface area (Å²) in [5.41, 5.74) is 1.19. The summed E-state index contributed by atoms with van der Waals surface area (Å²) in [6.45, 7) is 3.68. The van der Waals surface area contributed by atoms with Crippen LogP contribution in [-0.4, -0.2) is 30.2 Å². The standard InChI is InChI=1S/C13H15NO4/c1-8-4-3-5-10(9(8)2)14-11(15)13(12(16)17)6-18-7-13/h3-5H,6-7H2,1-2H3,(H,14,15)(H,16,17). The molecule has 1 aromatic rings. The van der Waals surface area contributed by atoms with E-state index in [-0.39, 0.29) is 13.2 Å². The van der Waals surface area contributed by atoms with Gasteiger partial charge in [-0.25, -0.2) is 0 Å². The van der Waals surface area contributed by atoms with E-state index >= 15 is 0 Å². The molecule has 2 rings (SSSR count). The SMILES string of the molecule is Cc1cccc(NC(=O)C2(C(=O)O)COC2)c1C. The van der Waals surface area contributed by atoms with Gasteiger partial charge in [-0.15, -0.1) is 0 Å². The Kier molecular flexibility index (Phi) is 3.09. The lowest BCUT2D eigenvalue weighted by atomic mass is 9.85. The summed E-state index contributed by atoms with van der Waals surface area (Å²) in [6.07, 6.45) is 0. The van der Waals surface area contributed by atoms with E-state index in [1.54, 1.807) is 6.07 Å². The summed E-state index contributed by atoms with van der Waals surface area (Å²) in [7, 11) is 0. The fraction of sp³-hybridized carbons (Fsp3) is 0.385. The zero-order valence-electron chi connectivity index (χ0n) is 10.3. The average molecular weight is 249 g/mol. The Labute approximate surface area is 105 Å². The molecule has 1 amide bonds. The smallest absolute Gasteiger partial charge is 0.324 e. The van der Waals surface area contributed by atoms with Crippen LogP contribution in [0.1, 0.15) is 11.1 Å². The van der Waals surface area contributed by atoms with Gasteiger partial charge in [-0.1, -0.05) is 12.1 Å². The van der Waals surface area contributed by atoms with Gasteiger partial charge in [0.2, 0.25) is 5.91 Å². The van der Waals surface area contributed by atoms with Gasteiger partial charge in [0.25, 0.3) is 0 Å². The number of ether oxygens (including phenoxy) is 1. The van der Waals surface area contributed by atoms with E-state index in [1.165, 1.54) is 0 Å². The van der Waals surface area contributed by atoms with Crippen LogP contribution in [0.5, 0.6) is 0 Å². The lowest BCUT2D eigenvalue weighted by Gasteiger charge is -2.35. The van der Waals surface area contributed by atoms with Crippen molar-refractivity contribution in [2.75, 3.05) is 18.5 Å². The summed E-state index contributed by atoms with van der Waals surface area (Å²) >= 11 is 0. The fourth-order valence-corrected chi connectivity index (χ4v) is 1.79. The predicted molar refractivity (Wildman–Crippen MR) is 65.4 cm³/mol. The number of carboxylic acid groups (broad SMARTS) is 1. The molecule has 1 aromatic carbocycles. The highest BCUT2D eigenvalue weighted by Crippen LogP contribution is 2.30. The van der Waals surface area contributed by atoms with Gasteiger partial charge in [-0.2, -0.15) is 0 Å². The van der Waals surface area contributed by atoms with Crippen LogP contribution in [0, 0.1) is 19.3 Å². The maximum absolute atomic E-state index is 12.0. The molecule has 0 saturated carbocycles. The van der Waals surface area contributed by atoms with Crippen LogP contribution in [0.4, 0.5) is 5.69 Å². The second kappa shape index (κ2) is 4.42. The van der Waals surface area contributed by atoms with Crippen molar-refractivity contribution in [3.05, 3.63) is 29.3 Å². The number of carbonyl (C=O) groups excluding carboxylic acids is 1. The van der Waals surface area contributed by atoms with Crippen molar-refractivity contribution in [1.82, 2.24) is 0 Å². The number of hydrogen-bond acceptors (Lipinski definition) is 3. The minimum absolute atomic E-state index is 0.0704. The van der Waals surface area contributed by atoms with Gasteiger partial charge in [0, 0.05) is 5.69 Å². The topological polar surface area (TPSA) is 75.6 Å². The number of carboxylic acids is 1. The molecule has 0 aliphatic carbocycles. The van der Waals surface area contributed by atoms with Crippen LogP contribution < -0.4 is 5.32 Å². The highest BCUT2D eigenvalue weighted by atomic mass is 16.5. The monoisotopic (exact) mass is 249 g/mol. The van der Waals surface area contributed by atoms with Gasteiger partial charge in [-0.05, 0) is 31.0 Å². The van der Waals surface area contributed by atoms with E-state index < -0.39 is 17.3 Å². The number of aliphatic carboxylic acids is 1. The van der Waals surface area contributed by atoms with Gasteiger partial charge in [0.1, 0.15) is 0 Å². The molecular weight excluding hydrogens is 234 g/mol. The largest absolute Gasteiger partial charge is 0.480 e. The van der Waals surface area contributed by atoms with Crippen molar-refractivity contribution in [2.45, 2.75) is 13.8 Å². The normalized spacial score (nSPS) is 16.8. The molecule has 96 valence electrons. The van der Waals surface area contributed by atoms with E-state index in [9.17, 15) is 9.59 Å². The average Bonchev–Trinajstić information content (AvgIpc) is 2.22. The number of rotatable bonds is 3. The number of nitrogens with one attached hydrogen (secondary N) is 1. The van der Waals surface area contributed by atoms with Crippen LogP contribution in [0.2, 0.25) is 0 Å². The molecule has 0 spiro atoms. The Morgan fingerprint density at radius 2 is 2.00 bits per heavy atom. The van der Waals surface area contributed by atoms with E-state index in [4.69, 9.17) is 9.84 Å². The first-order chi connectivity index (χ1) is 8.47. The summed E-state index contributed by atoms with van der Waals surface area (Å²) in [4.78, 5) is 23.2. The molecule has 5 heteroatoms. The Hall–Kier alpha value is -1.88. The Morgan fingerprint density at radius 3 is 2.50 bits per heavy atom. The van der Waals surface area contributed by atoms with Crippen LogP contribution in [0.25, 0.3) is 0 Å². The van der Waals surface area contributed by atoms with Gasteiger partial charge in [0.15, 0.2) is 5.41 Å². The molecule has 5 nitrogen and oxygen atoms in total. The van der Waals surface area contributed by atoms with Gasteiger partial charge in [-0.3, -0.25) is 9.59 Å². The number of aryl methyl sites for hydroxylation is 1. The van der Waals surface area contributed by atoms with Crippen molar-refractivity contribution < 1.29 is 19.4 Å². The first kappa shape index (κ1) is 12.6. The molecular formula is C13H15NO4. The molecule has 0 atom stereocenters. The van der Waals surface area contributed by atoms with Crippen molar-refractivity contribution in [3.63, 3.8) is 0 Å². The molecule has 0 bridgehead atoms. The van der Waals surface area contributed by atoms with Crippen molar-refractivity contribution >= 4 is 17.6 Å². The second-order valence-electron chi connectivity index (χ2n) is 4.58. The second-order valence-corrected chi connectivity index (χ2v) is 4.58. The summed E-state index contributed by atoms with van der Waals surface area (Å²) in [6, 6.07) is 5.52. The number of amides is 1. The molecule has 1 aliphatic rings. The van der Waals surface area contributed by atoms with E-state index in [1.807, 2.05) is 26.0 Å². The van der Waals surface area contributed by atoms with Crippen LogP contribution in [-0.2, 0) is 14.3 Å². The molecule has 1 heterocycles. The lowest BCUT2D eigenvalue weighted by molar-refractivity contribution is -0.182. The fourth-order valence-electron chi connectivity index (χ4n) is 1.79. The highest BCUT2D eigenvalue weighted by Gasteiger charge is 2.53. The summed E-state index contributed by atoms with van der Waals surface area (Å²) < 4.78 is 4.87.